The monoisotopic (exact) mass is 536 g/mol. The summed E-state index contributed by atoms with van der Waals surface area (Å²) in [7, 11) is 7.27. The van der Waals surface area contributed by atoms with E-state index in [9.17, 15) is 14.4 Å². The number of aryl methyl sites for hydroxylation is 1. The van der Waals surface area contributed by atoms with E-state index < -0.39 is 5.91 Å². The lowest BCUT2D eigenvalue weighted by molar-refractivity contribution is -0.136. The third-order valence-electron chi connectivity index (χ3n) is 7.03. The molecule has 0 aliphatic heterocycles. The Balaban J connectivity index is 1.48. The SMILES string of the molecule is COc1ccc2oc(C(=O)Nc3ccc(C)cn3)c(NC(=O)[C@H]3CC[C@H](C(=O)N(C)CCN(C)C)CC3)c2n1. The standard InChI is InChI=1S/C28H36N6O5/c1-17-6-12-21(29-16-17)30-27(36)25-24(23-20(39-25)11-13-22(31-23)38-5)32-26(35)18-7-9-19(10-8-18)28(37)34(4)15-14-33(2)3/h6,11-13,16,18-19H,7-10,14-15H2,1-5H3,(H,32,35)(H,29,30,36)/t18-,19-. The zero-order valence-corrected chi connectivity index (χ0v) is 23.1. The molecular formula is C28H36N6O5. The number of aromatic nitrogens is 2. The number of hydrogen-bond acceptors (Lipinski definition) is 8. The van der Waals surface area contributed by atoms with Crippen molar-refractivity contribution in [3.8, 4) is 5.88 Å². The first kappa shape index (κ1) is 28.0. The Labute approximate surface area is 227 Å². The number of rotatable bonds is 9. The molecule has 2 N–H and O–H groups in total. The predicted octanol–water partition coefficient (Wildman–Crippen LogP) is 3.56. The lowest BCUT2D eigenvalue weighted by Gasteiger charge is -2.30. The molecule has 208 valence electrons. The minimum Gasteiger partial charge on any atom is -0.481 e. The van der Waals surface area contributed by atoms with E-state index in [4.69, 9.17) is 9.15 Å². The average Bonchev–Trinajstić information content (AvgIpc) is 3.30. The first-order valence-corrected chi connectivity index (χ1v) is 13.1. The van der Waals surface area contributed by atoms with Crippen LogP contribution in [0.5, 0.6) is 5.88 Å². The second-order valence-corrected chi connectivity index (χ2v) is 10.3. The number of methoxy groups -OCH3 is 1. The van der Waals surface area contributed by atoms with Crippen LogP contribution in [0.15, 0.2) is 34.9 Å². The van der Waals surface area contributed by atoms with Gasteiger partial charge < -0.3 is 29.6 Å². The number of fused-ring (bicyclic) bond motifs is 1. The van der Waals surface area contributed by atoms with E-state index in [0.29, 0.717) is 55.0 Å². The number of nitrogens with zero attached hydrogens (tertiary/aromatic N) is 4. The van der Waals surface area contributed by atoms with E-state index in [1.54, 1.807) is 29.3 Å². The predicted molar refractivity (Wildman–Crippen MR) is 148 cm³/mol. The topological polar surface area (TPSA) is 130 Å². The van der Waals surface area contributed by atoms with Crippen LogP contribution in [0.25, 0.3) is 11.1 Å². The van der Waals surface area contributed by atoms with E-state index >= 15 is 0 Å². The maximum Gasteiger partial charge on any atom is 0.294 e. The van der Waals surface area contributed by atoms with Gasteiger partial charge in [0.25, 0.3) is 5.91 Å². The van der Waals surface area contributed by atoms with Gasteiger partial charge in [0.1, 0.15) is 17.0 Å². The van der Waals surface area contributed by atoms with Gasteiger partial charge in [-0.25, -0.2) is 9.97 Å². The molecule has 0 saturated heterocycles. The second kappa shape index (κ2) is 12.2. The van der Waals surface area contributed by atoms with Gasteiger partial charge in [-0.15, -0.1) is 0 Å². The van der Waals surface area contributed by atoms with Gasteiger partial charge >= 0.3 is 0 Å². The molecule has 1 saturated carbocycles. The lowest BCUT2D eigenvalue weighted by atomic mass is 9.81. The zero-order valence-electron chi connectivity index (χ0n) is 23.1. The minimum absolute atomic E-state index is 0.0761. The Bertz CT molecular complexity index is 1330. The summed E-state index contributed by atoms with van der Waals surface area (Å²) in [6, 6.07) is 6.78. The van der Waals surface area contributed by atoms with Gasteiger partial charge in [-0.1, -0.05) is 6.07 Å². The number of likely N-dealkylation sites (N-methyl/N-ethyl adjacent to an activating group) is 2. The van der Waals surface area contributed by atoms with Crippen molar-refractivity contribution in [2.75, 3.05) is 52.0 Å². The van der Waals surface area contributed by atoms with Crippen molar-refractivity contribution in [3.63, 3.8) is 0 Å². The van der Waals surface area contributed by atoms with Crippen LogP contribution in [-0.4, -0.2) is 78.8 Å². The Morgan fingerprint density at radius 2 is 1.72 bits per heavy atom. The van der Waals surface area contributed by atoms with Crippen molar-refractivity contribution in [1.82, 2.24) is 19.8 Å². The molecule has 3 aromatic rings. The molecule has 3 amide bonds. The summed E-state index contributed by atoms with van der Waals surface area (Å²) >= 11 is 0. The summed E-state index contributed by atoms with van der Waals surface area (Å²) in [4.78, 5) is 51.9. The number of pyridine rings is 2. The molecule has 0 bridgehead atoms. The number of carbonyl (C=O) groups excluding carboxylic acids is 3. The number of ether oxygens (including phenoxy) is 1. The lowest BCUT2D eigenvalue weighted by Crippen LogP contribution is -2.39. The van der Waals surface area contributed by atoms with Gasteiger partial charge in [0.05, 0.1) is 7.11 Å². The second-order valence-electron chi connectivity index (χ2n) is 10.3. The number of anilines is 2. The van der Waals surface area contributed by atoms with Crippen LogP contribution in [0.2, 0.25) is 0 Å². The van der Waals surface area contributed by atoms with Crippen LogP contribution >= 0.6 is 0 Å². The fraction of sp³-hybridized carbons (Fsp3) is 0.464. The van der Waals surface area contributed by atoms with E-state index in [2.05, 4.69) is 20.6 Å². The van der Waals surface area contributed by atoms with Crippen LogP contribution in [0, 0.1) is 18.8 Å². The summed E-state index contributed by atoms with van der Waals surface area (Å²) in [6.07, 6.45) is 4.06. The first-order valence-electron chi connectivity index (χ1n) is 13.1. The zero-order chi connectivity index (χ0) is 28.1. The molecular weight excluding hydrogens is 500 g/mol. The molecule has 1 fully saturated rings. The molecule has 0 spiro atoms. The number of amides is 3. The molecule has 11 nitrogen and oxygen atoms in total. The highest BCUT2D eigenvalue weighted by molar-refractivity contribution is 6.13. The highest BCUT2D eigenvalue weighted by Crippen LogP contribution is 2.35. The van der Waals surface area contributed by atoms with Crippen molar-refractivity contribution in [2.24, 2.45) is 11.8 Å². The largest absolute Gasteiger partial charge is 0.481 e. The van der Waals surface area contributed by atoms with Crippen LogP contribution in [0.1, 0.15) is 41.8 Å². The summed E-state index contributed by atoms with van der Waals surface area (Å²) in [5.41, 5.74) is 1.79. The summed E-state index contributed by atoms with van der Waals surface area (Å²) in [5, 5.41) is 5.61. The highest BCUT2D eigenvalue weighted by atomic mass is 16.5. The van der Waals surface area contributed by atoms with Crippen molar-refractivity contribution in [1.29, 1.82) is 0 Å². The maximum absolute atomic E-state index is 13.4. The number of furan rings is 1. The van der Waals surface area contributed by atoms with Crippen LogP contribution < -0.4 is 15.4 Å². The van der Waals surface area contributed by atoms with E-state index in [-0.39, 0.29) is 35.1 Å². The van der Waals surface area contributed by atoms with Gasteiger partial charge in [0, 0.05) is 44.2 Å². The fourth-order valence-corrected chi connectivity index (χ4v) is 4.66. The molecule has 3 heterocycles. The molecule has 0 unspecified atom stereocenters. The molecule has 11 heteroatoms. The Kier molecular flexibility index (Phi) is 8.80. The molecule has 0 radical (unpaired) electrons. The molecule has 1 aliphatic carbocycles. The third kappa shape index (κ3) is 6.72. The van der Waals surface area contributed by atoms with Crippen LogP contribution in [0.4, 0.5) is 11.5 Å². The molecule has 1 aliphatic rings. The van der Waals surface area contributed by atoms with Crippen molar-refractivity contribution >= 4 is 40.3 Å². The normalized spacial score (nSPS) is 17.2. The molecule has 3 aromatic heterocycles. The van der Waals surface area contributed by atoms with E-state index in [1.807, 2.05) is 39.0 Å². The smallest absolute Gasteiger partial charge is 0.294 e. The maximum atomic E-state index is 13.4. The van der Waals surface area contributed by atoms with Gasteiger partial charge in [-0.3, -0.25) is 14.4 Å². The summed E-state index contributed by atoms with van der Waals surface area (Å²) in [5.74, 6) is -0.470. The first-order chi connectivity index (χ1) is 18.7. The van der Waals surface area contributed by atoms with Crippen molar-refractivity contribution in [3.05, 3.63) is 41.8 Å². The molecule has 4 rings (SSSR count). The van der Waals surface area contributed by atoms with Gasteiger partial charge in [0.15, 0.2) is 5.58 Å². The number of hydrogen-bond donors (Lipinski definition) is 2. The Morgan fingerprint density at radius 3 is 2.36 bits per heavy atom. The van der Waals surface area contributed by atoms with Crippen LogP contribution in [0.3, 0.4) is 0 Å². The minimum atomic E-state index is -0.561. The van der Waals surface area contributed by atoms with Gasteiger partial charge in [-0.05, 0) is 64.4 Å². The Morgan fingerprint density at radius 1 is 1.00 bits per heavy atom. The van der Waals surface area contributed by atoms with Crippen LogP contribution in [-0.2, 0) is 9.59 Å². The molecule has 0 aromatic carbocycles. The average molecular weight is 537 g/mol. The van der Waals surface area contributed by atoms with E-state index in [1.165, 1.54) is 7.11 Å². The van der Waals surface area contributed by atoms with Crippen molar-refractivity contribution < 1.29 is 23.5 Å². The third-order valence-corrected chi connectivity index (χ3v) is 7.03. The van der Waals surface area contributed by atoms with Gasteiger partial charge in [-0.2, -0.15) is 0 Å². The fourth-order valence-electron chi connectivity index (χ4n) is 4.66. The van der Waals surface area contributed by atoms with Crippen molar-refractivity contribution in [2.45, 2.75) is 32.6 Å². The summed E-state index contributed by atoms with van der Waals surface area (Å²) in [6.45, 7) is 3.37. The highest BCUT2D eigenvalue weighted by Gasteiger charge is 2.33. The number of carbonyl (C=O) groups is 3. The summed E-state index contributed by atoms with van der Waals surface area (Å²) < 4.78 is 11.1. The Hall–Kier alpha value is -3.99. The van der Waals surface area contributed by atoms with E-state index in [0.717, 1.165) is 12.1 Å². The molecule has 39 heavy (non-hydrogen) atoms. The quantitative estimate of drug-likeness (QED) is 0.425. The number of nitrogens with one attached hydrogen (secondary N) is 2. The van der Waals surface area contributed by atoms with Gasteiger partial charge in [0.2, 0.25) is 23.5 Å². The molecule has 0 atom stereocenters.